The van der Waals surface area contributed by atoms with Crippen LogP contribution >= 0.6 is 0 Å². The van der Waals surface area contributed by atoms with Crippen molar-refractivity contribution in [3.63, 3.8) is 0 Å². The van der Waals surface area contributed by atoms with Gasteiger partial charge < -0.3 is 19.7 Å². The number of fused-ring (bicyclic) bond motifs is 2. The summed E-state index contributed by atoms with van der Waals surface area (Å²) in [6, 6.07) is 12.1. The third-order valence-electron chi connectivity index (χ3n) is 4.03. The molecule has 0 aromatic heterocycles. The Hall–Kier alpha value is -2.83. The van der Waals surface area contributed by atoms with Crippen LogP contribution in [0.25, 0.3) is 0 Å². The van der Waals surface area contributed by atoms with E-state index in [9.17, 15) is 13.6 Å². The molecule has 4 rings (SSSR count). The molecule has 0 spiro atoms. The Morgan fingerprint density at radius 3 is 2.83 bits per heavy atom. The number of amides is 1. The van der Waals surface area contributed by atoms with Crippen molar-refractivity contribution in [1.82, 2.24) is 0 Å². The highest BCUT2D eigenvalue weighted by atomic mass is 19.3. The zero-order valence-electron chi connectivity index (χ0n) is 12.6. The molecule has 0 aliphatic carbocycles. The van der Waals surface area contributed by atoms with Gasteiger partial charge in [-0.2, -0.15) is 0 Å². The third-order valence-corrected chi connectivity index (χ3v) is 4.03. The lowest BCUT2D eigenvalue weighted by molar-refractivity contribution is -0.286. The maximum Gasteiger partial charge on any atom is 0.586 e. The second kappa shape index (κ2) is 5.36. The van der Waals surface area contributed by atoms with E-state index >= 15 is 0 Å². The van der Waals surface area contributed by atoms with Gasteiger partial charge in [0, 0.05) is 24.0 Å². The van der Waals surface area contributed by atoms with Crippen molar-refractivity contribution in [3.8, 4) is 11.5 Å². The van der Waals surface area contributed by atoms with E-state index in [0.717, 1.165) is 17.7 Å². The van der Waals surface area contributed by atoms with Crippen molar-refractivity contribution in [3.05, 3.63) is 48.0 Å². The van der Waals surface area contributed by atoms with E-state index in [0.29, 0.717) is 12.2 Å². The van der Waals surface area contributed by atoms with Crippen LogP contribution in [-0.2, 0) is 11.2 Å². The van der Waals surface area contributed by atoms with Gasteiger partial charge in [-0.3, -0.25) is 4.79 Å². The summed E-state index contributed by atoms with van der Waals surface area (Å²) in [7, 11) is 0. The van der Waals surface area contributed by atoms with Crippen LogP contribution in [0.2, 0.25) is 0 Å². The molecule has 2 heterocycles. The molecule has 7 heteroatoms. The minimum Gasteiger partial charge on any atom is -0.395 e. The number of rotatable bonds is 3. The van der Waals surface area contributed by atoms with Crippen molar-refractivity contribution in [2.24, 2.45) is 0 Å². The Morgan fingerprint density at radius 2 is 1.96 bits per heavy atom. The fraction of sp³-hybridized carbons (Fsp3) is 0.235. The number of anilines is 2. The first kappa shape index (κ1) is 14.7. The third kappa shape index (κ3) is 2.62. The average molecular weight is 332 g/mol. The molecule has 0 atom stereocenters. The maximum atomic E-state index is 13.0. The van der Waals surface area contributed by atoms with Gasteiger partial charge in [0.15, 0.2) is 11.5 Å². The molecule has 0 bridgehead atoms. The number of ether oxygens (including phenoxy) is 2. The van der Waals surface area contributed by atoms with Gasteiger partial charge in [-0.15, -0.1) is 8.78 Å². The highest BCUT2D eigenvalue weighted by Crippen LogP contribution is 2.42. The molecule has 0 unspecified atom stereocenters. The summed E-state index contributed by atoms with van der Waals surface area (Å²) >= 11 is 0. The molecular weight excluding hydrogens is 318 g/mol. The molecule has 1 amide bonds. The highest BCUT2D eigenvalue weighted by Gasteiger charge is 2.43. The molecular formula is C17H14F2N2O3. The predicted molar refractivity (Wildman–Crippen MR) is 83.6 cm³/mol. The van der Waals surface area contributed by atoms with E-state index in [1.807, 2.05) is 24.3 Å². The summed E-state index contributed by atoms with van der Waals surface area (Å²) in [5, 5.41) is 2.94. The lowest BCUT2D eigenvalue weighted by atomic mass is 10.2. The molecule has 0 saturated heterocycles. The average Bonchev–Trinajstić information content (AvgIpc) is 3.11. The zero-order valence-corrected chi connectivity index (χ0v) is 12.6. The molecule has 5 nitrogen and oxygen atoms in total. The lowest BCUT2D eigenvalue weighted by Gasteiger charge is -2.18. The fourth-order valence-corrected chi connectivity index (χ4v) is 2.93. The fourth-order valence-electron chi connectivity index (χ4n) is 2.93. The molecule has 24 heavy (non-hydrogen) atoms. The van der Waals surface area contributed by atoms with Gasteiger partial charge in [-0.05, 0) is 30.2 Å². The largest absolute Gasteiger partial charge is 0.586 e. The molecule has 0 fully saturated rings. The van der Waals surface area contributed by atoms with Gasteiger partial charge in [0.05, 0.1) is 6.54 Å². The van der Waals surface area contributed by atoms with Gasteiger partial charge in [0.1, 0.15) is 0 Å². The van der Waals surface area contributed by atoms with Crippen molar-refractivity contribution in [2.75, 3.05) is 23.3 Å². The summed E-state index contributed by atoms with van der Waals surface area (Å²) in [5.41, 5.74) is 2.58. The monoisotopic (exact) mass is 332 g/mol. The Kier molecular flexibility index (Phi) is 3.30. The molecule has 2 aromatic rings. The zero-order chi connectivity index (χ0) is 16.7. The Labute approximate surface area is 136 Å². The number of nitrogens with zero attached hydrogens (tertiary/aromatic N) is 1. The predicted octanol–water partition coefficient (Wildman–Crippen LogP) is 3.01. The highest BCUT2D eigenvalue weighted by molar-refractivity contribution is 5.98. The van der Waals surface area contributed by atoms with Crippen molar-refractivity contribution < 1.29 is 23.0 Å². The molecule has 2 aromatic carbocycles. The van der Waals surface area contributed by atoms with Gasteiger partial charge in [0.25, 0.3) is 0 Å². The van der Waals surface area contributed by atoms with Crippen molar-refractivity contribution >= 4 is 17.3 Å². The van der Waals surface area contributed by atoms with Crippen LogP contribution in [0.1, 0.15) is 5.56 Å². The second-order valence-electron chi connectivity index (χ2n) is 5.61. The number of alkyl halides is 2. The number of hydrogen-bond acceptors (Lipinski definition) is 4. The van der Waals surface area contributed by atoms with E-state index in [1.54, 1.807) is 11.0 Å². The number of para-hydroxylation sites is 1. The molecule has 2 aliphatic rings. The Morgan fingerprint density at radius 1 is 1.17 bits per heavy atom. The SMILES string of the molecule is O=C(CNc1ccc2c(c1)OC(F)(F)O2)N1CCc2ccccc21. The van der Waals surface area contributed by atoms with Crippen LogP contribution in [0.3, 0.4) is 0 Å². The van der Waals surface area contributed by atoms with Crippen molar-refractivity contribution in [2.45, 2.75) is 12.7 Å². The number of benzene rings is 2. The first-order valence-electron chi connectivity index (χ1n) is 7.54. The van der Waals surface area contributed by atoms with Crippen LogP contribution in [-0.4, -0.2) is 25.3 Å². The second-order valence-corrected chi connectivity index (χ2v) is 5.61. The molecule has 0 radical (unpaired) electrons. The molecule has 2 aliphatic heterocycles. The Bertz CT molecular complexity index is 810. The van der Waals surface area contributed by atoms with Crippen LogP contribution in [0, 0.1) is 0 Å². The maximum absolute atomic E-state index is 13.0. The van der Waals surface area contributed by atoms with E-state index < -0.39 is 6.29 Å². The normalized spacial score (nSPS) is 16.8. The van der Waals surface area contributed by atoms with Crippen LogP contribution in [0.15, 0.2) is 42.5 Å². The van der Waals surface area contributed by atoms with E-state index in [-0.39, 0.29) is 24.0 Å². The summed E-state index contributed by atoms with van der Waals surface area (Å²) < 4.78 is 34.7. The summed E-state index contributed by atoms with van der Waals surface area (Å²) in [5.74, 6) is -0.155. The standard InChI is InChI=1S/C17H14F2N2O3/c18-17(19)23-14-6-5-12(9-15(14)24-17)20-10-16(22)21-8-7-11-3-1-2-4-13(11)21/h1-6,9,20H,7-8,10H2. The summed E-state index contributed by atoms with van der Waals surface area (Å²) in [4.78, 5) is 14.1. The van der Waals surface area contributed by atoms with Crippen LogP contribution < -0.4 is 19.7 Å². The first-order chi connectivity index (χ1) is 11.5. The first-order valence-corrected chi connectivity index (χ1v) is 7.54. The van der Waals surface area contributed by atoms with Crippen LogP contribution in [0.5, 0.6) is 11.5 Å². The smallest absolute Gasteiger partial charge is 0.395 e. The summed E-state index contributed by atoms with van der Waals surface area (Å²) in [6.45, 7) is 0.706. The molecule has 1 N–H and O–H groups in total. The molecule has 124 valence electrons. The minimum atomic E-state index is -3.64. The van der Waals surface area contributed by atoms with Gasteiger partial charge in [-0.25, -0.2) is 0 Å². The van der Waals surface area contributed by atoms with Gasteiger partial charge in [-0.1, -0.05) is 18.2 Å². The van der Waals surface area contributed by atoms with Gasteiger partial charge >= 0.3 is 6.29 Å². The van der Waals surface area contributed by atoms with Gasteiger partial charge in [0.2, 0.25) is 5.91 Å². The van der Waals surface area contributed by atoms with Crippen LogP contribution in [0.4, 0.5) is 20.2 Å². The van der Waals surface area contributed by atoms with E-state index in [2.05, 4.69) is 14.8 Å². The number of carbonyl (C=O) groups is 1. The number of hydrogen-bond donors (Lipinski definition) is 1. The Balaban J connectivity index is 1.42. The van der Waals surface area contributed by atoms with E-state index in [1.165, 1.54) is 12.1 Å². The van der Waals surface area contributed by atoms with Crippen molar-refractivity contribution in [1.29, 1.82) is 0 Å². The topological polar surface area (TPSA) is 50.8 Å². The quantitative estimate of drug-likeness (QED) is 0.939. The molecule has 0 saturated carbocycles. The number of nitrogens with one attached hydrogen (secondary N) is 1. The van der Waals surface area contributed by atoms with E-state index in [4.69, 9.17) is 0 Å². The number of carbonyl (C=O) groups excluding carboxylic acids is 1. The minimum absolute atomic E-state index is 0.0228. The summed E-state index contributed by atoms with van der Waals surface area (Å²) in [6.07, 6.45) is -2.81. The number of halogens is 2. The lowest BCUT2D eigenvalue weighted by Crippen LogP contribution is -2.34.